The van der Waals surface area contributed by atoms with Crippen LogP contribution in [-0.2, 0) is 35.2 Å². The van der Waals surface area contributed by atoms with Crippen molar-refractivity contribution in [1.29, 1.82) is 0 Å². The van der Waals surface area contributed by atoms with Crippen LogP contribution in [0.2, 0.25) is 0 Å². The second kappa shape index (κ2) is 13.9. The predicted octanol–water partition coefficient (Wildman–Crippen LogP) is -2.16. The van der Waals surface area contributed by atoms with Gasteiger partial charge in [0.15, 0.2) is 0 Å². The first-order valence-corrected chi connectivity index (χ1v) is 12.1. The third kappa shape index (κ3) is 9.03. The van der Waals surface area contributed by atoms with Crippen molar-refractivity contribution in [3.8, 4) is 5.75 Å². The summed E-state index contributed by atoms with van der Waals surface area (Å²) in [7, 11) is 0. The summed E-state index contributed by atoms with van der Waals surface area (Å²) < 4.78 is 0. The minimum absolute atomic E-state index is 0.0407. The lowest BCUT2D eigenvalue weighted by Crippen LogP contribution is -2.57. The highest BCUT2D eigenvalue weighted by Crippen LogP contribution is 2.20. The van der Waals surface area contributed by atoms with Crippen molar-refractivity contribution in [2.45, 2.75) is 69.1 Å². The Morgan fingerprint density at radius 2 is 1.47 bits per heavy atom. The molecule has 4 unspecified atom stereocenters. The number of carbonyl (C=O) groups excluding carboxylic acids is 5. The first-order chi connectivity index (χ1) is 17.9. The van der Waals surface area contributed by atoms with E-state index in [4.69, 9.17) is 17.2 Å². The Labute approximate surface area is 218 Å². The maximum Gasteiger partial charge on any atom is 0.326 e. The van der Waals surface area contributed by atoms with Crippen LogP contribution in [0.1, 0.15) is 44.1 Å². The molecule has 10 N–H and O–H groups in total. The van der Waals surface area contributed by atoms with E-state index in [1.54, 1.807) is 12.1 Å². The minimum atomic E-state index is -1.31. The van der Waals surface area contributed by atoms with Crippen LogP contribution < -0.4 is 27.8 Å². The van der Waals surface area contributed by atoms with Crippen LogP contribution in [0.5, 0.6) is 5.75 Å². The third-order valence-electron chi connectivity index (χ3n) is 6.16. The highest BCUT2D eigenvalue weighted by molar-refractivity contribution is 5.94. The van der Waals surface area contributed by atoms with Crippen LogP contribution >= 0.6 is 0 Å². The van der Waals surface area contributed by atoms with E-state index in [9.17, 15) is 39.0 Å². The van der Waals surface area contributed by atoms with Gasteiger partial charge in [0.1, 0.15) is 23.9 Å². The van der Waals surface area contributed by atoms with Crippen LogP contribution in [0.25, 0.3) is 0 Å². The van der Waals surface area contributed by atoms with Crippen molar-refractivity contribution in [2.75, 3.05) is 6.54 Å². The van der Waals surface area contributed by atoms with Crippen LogP contribution in [0.4, 0.5) is 0 Å². The van der Waals surface area contributed by atoms with E-state index < -0.39 is 59.7 Å². The SMILES string of the molecule is NC(=O)CCC(NC(=O)C(N)Cc1ccc(O)cc1)C(=O)NC(CCC(N)=O)C(=O)N1CCCC1C(=O)O. The van der Waals surface area contributed by atoms with Crippen molar-refractivity contribution < 1.29 is 39.0 Å². The van der Waals surface area contributed by atoms with Gasteiger partial charge in [-0.2, -0.15) is 0 Å². The average Bonchev–Trinajstić information content (AvgIpc) is 3.35. The molecule has 1 aromatic rings. The fraction of sp³-hybridized carbons (Fsp3) is 0.500. The third-order valence-corrected chi connectivity index (χ3v) is 6.16. The second-order valence-corrected chi connectivity index (χ2v) is 9.14. The Hall–Kier alpha value is -4.20. The Morgan fingerprint density at radius 1 is 0.921 bits per heavy atom. The second-order valence-electron chi connectivity index (χ2n) is 9.14. The number of aliphatic carboxylic acids is 1. The van der Waals surface area contributed by atoms with Gasteiger partial charge in [-0.25, -0.2) is 4.79 Å². The monoisotopic (exact) mass is 534 g/mol. The molecule has 0 bridgehead atoms. The Balaban J connectivity index is 2.16. The average molecular weight is 535 g/mol. The number of nitrogens with two attached hydrogens (primary N) is 3. The fourth-order valence-electron chi connectivity index (χ4n) is 4.12. The molecule has 1 aliphatic rings. The smallest absolute Gasteiger partial charge is 0.326 e. The van der Waals surface area contributed by atoms with Gasteiger partial charge in [-0.05, 0) is 49.8 Å². The molecule has 14 heteroatoms. The maximum absolute atomic E-state index is 13.2. The Bertz CT molecular complexity index is 1050. The van der Waals surface area contributed by atoms with E-state index in [-0.39, 0.29) is 50.8 Å². The van der Waals surface area contributed by atoms with Gasteiger partial charge in [0, 0.05) is 19.4 Å². The van der Waals surface area contributed by atoms with Gasteiger partial charge in [0.05, 0.1) is 6.04 Å². The molecule has 1 fully saturated rings. The van der Waals surface area contributed by atoms with E-state index in [0.717, 1.165) is 4.90 Å². The first-order valence-electron chi connectivity index (χ1n) is 12.1. The van der Waals surface area contributed by atoms with Crippen LogP contribution in [0.3, 0.4) is 0 Å². The van der Waals surface area contributed by atoms with Gasteiger partial charge in [-0.15, -0.1) is 0 Å². The summed E-state index contributed by atoms with van der Waals surface area (Å²) in [5.74, 6) is -4.86. The van der Waals surface area contributed by atoms with Crippen molar-refractivity contribution in [2.24, 2.45) is 17.2 Å². The number of aromatic hydroxyl groups is 1. The molecule has 1 saturated heterocycles. The topological polar surface area (TPSA) is 248 Å². The molecule has 0 saturated carbocycles. The lowest BCUT2D eigenvalue weighted by atomic mass is 10.0. The standard InChI is InChI=1S/C24H34N6O8/c25-15(12-13-3-5-14(31)6-4-13)21(34)28-16(7-9-19(26)32)22(35)29-17(8-10-20(27)33)23(36)30-11-1-2-18(30)24(37)38/h3-6,15-18,31H,1-2,7-12,25H2,(H2,26,32)(H2,27,33)(H,28,34)(H,29,35)(H,37,38). The summed E-state index contributed by atoms with van der Waals surface area (Å²) in [5.41, 5.74) is 17.0. The molecular formula is C24H34N6O8. The Morgan fingerprint density at radius 3 is 2.03 bits per heavy atom. The molecular weight excluding hydrogens is 500 g/mol. The number of carbonyl (C=O) groups is 6. The molecule has 208 valence electrons. The van der Waals surface area contributed by atoms with E-state index in [0.29, 0.717) is 12.0 Å². The number of rotatable bonds is 14. The summed E-state index contributed by atoms with van der Waals surface area (Å²) >= 11 is 0. The van der Waals surface area contributed by atoms with E-state index in [1.807, 2.05) is 0 Å². The van der Waals surface area contributed by atoms with Crippen molar-refractivity contribution in [3.63, 3.8) is 0 Å². The van der Waals surface area contributed by atoms with Crippen LogP contribution in [0, 0.1) is 0 Å². The normalized spacial score (nSPS) is 17.2. The molecule has 4 atom stereocenters. The maximum atomic E-state index is 13.2. The van der Waals surface area contributed by atoms with Gasteiger partial charge in [0.2, 0.25) is 29.5 Å². The summed E-state index contributed by atoms with van der Waals surface area (Å²) in [5, 5.41) is 23.8. The molecule has 14 nitrogen and oxygen atoms in total. The highest BCUT2D eigenvalue weighted by Gasteiger charge is 2.38. The van der Waals surface area contributed by atoms with E-state index in [1.165, 1.54) is 12.1 Å². The lowest BCUT2D eigenvalue weighted by molar-refractivity contribution is -0.149. The van der Waals surface area contributed by atoms with Crippen molar-refractivity contribution in [3.05, 3.63) is 29.8 Å². The zero-order chi connectivity index (χ0) is 28.4. The van der Waals surface area contributed by atoms with Gasteiger partial charge >= 0.3 is 5.97 Å². The number of nitrogens with zero attached hydrogens (tertiary/aromatic N) is 1. The van der Waals surface area contributed by atoms with Crippen molar-refractivity contribution in [1.82, 2.24) is 15.5 Å². The molecule has 5 amide bonds. The summed E-state index contributed by atoms with van der Waals surface area (Å²) in [6, 6.07) is 1.26. The zero-order valence-electron chi connectivity index (χ0n) is 20.8. The van der Waals surface area contributed by atoms with Crippen LogP contribution in [0.15, 0.2) is 24.3 Å². The van der Waals surface area contributed by atoms with E-state index >= 15 is 0 Å². The number of likely N-dealkylation sites (tertiary alicyclic amines) is 1. The number of carboxylic acids is 1. The number of nitrogens with one attached hydrogen (secondary N) is 2. The molecule has 0 aliphatic carbocycles. The summed E-state index contributed by atoms with van der Waals surface area (Å²) in [6.45, 7) is 0.159. The minimum Gasteiger partial charge on any atom is -0.508 e. The molecule has 0 spiro atoms. The number of primary amides is 2. The molecule has 1 aliphatic heterocycles. The largest absolute Gasteiger partial charge is 0.508 e. The predicted molar refractivity (Wildman–Crippen MR) is 133 cm³/mol. The number of hydrogen-bond donors (Lipinski definition) is 7. The zero-order valence-corrected chi connectivity index (χ0v) is 20.8. The highest BCUT2D eigenvalue weighted by atomic mass is 16.4. The van der Waals surface area contributed by atoms with Gasteiger partial charge in [0.25, 0.3) is 0 Å². The number of phenols is 1. The first kappa shape index (κ1) is 30.0. The lowest BCUT2D eigenvalue weighted by Gasteiger charge is -2.29. The summed E-state index contributed by atoms with van der Waals surface area (Å²) in [6.07, 6.45) is -0.141. The molecule has 0 radical (unpaired) electrons. The van der Waals surface area contributed by atoms with Crippen molar-refractivity contribution >= 4 is 35.5 Å². The number of amides is 5. The molecule has 2 rings (SSSR count). The van der Waals surface area contributed by atoms with Gasteiger partial charge in [-0.1, -0.05) is 12.1 Å². The number of hydrogen-bond acceptors (Lipinski definition) is 8. The molecule has 1 heterocycles. The fourth-order valence-corrected chi connectivity index (χ4v) is 4.12. The molecule has 0 aromatic heterocycles. The van der Waals surface area contributed by atoms with Crippen LogP contribution in [-0.4, -0.2) is 81.3 Å². The quantitative estimate of drug-likeness (QED) is 0.137. The number of phenolic OH excluding ortho intramolecular Hbond substituents is 1. The number of carboxylic acid groups (broad SMARTS) is 1. The summed E-state index contributed by atoms with van der Waals surface area (Å²) in [4.78, 5) is 74.4. The Kier molecular flexibility index (Phi) is 11.0. The number of benzene rings is 1. The van der Waals surface area contributed by atoms with E-state index in [2.05, 4.69) is 10.6 Å². The molecule has 1 aromatic carbocycles. The van der Waals surface area contributed by atoms with Gasteiger partial charge in [-0.3, -0.25) is 24.0 Å². The molecule has 38 heavy (non-hydrogen) atoms. The van der Waals surface area contributed by atoms with Gasteiger partial charge < -0.3 is 42.9 Å².